The maximum Gasteiger partial charge on any atom is 0.415 e. The molecular weight excluding hydrogens is 474 g/mol. The summed E-state index contributed by atoms with van der Waals surface area (Å²) in [7, 11) is 0. The van der Waals surface area contributed by atoms with Gasteiger partial charge in [0, 0.05) is 50.8 Å². The van der Waals surface area contributed by atoms with Crippen LogP contribution in [-0.2, 0) is 21.6 Å². The van der Waals surface area contributed by atoms with E-state index in [2.05, 4.69) is 40.8 Å². The van der Waals surface area contributed by atoms with Gasteiger partial charge in [0.2, 0.25) is 0 Å². The van der Waals surface area contributed by atoms with Crippen molar-refractivity contribution in [2.45, 2.75) is 56.9 Å². The molecule has 196 valence electrons. The van der Waals surface area contributed by atoms with Crippen molar-refractivity contribution in [3.63, 3.8) is 0 Å². The second kappa shape index (κ2) is 11.5. The summed E-state index contributed by atoms with van der Waals surface area (Å²) < 4.78 is 26.8. The molecule has 2 fully saturated rings. The van der Waals surface area contributed by atoms with Crippen molar-refractivity contribution < 1.29 is 18.8 Å². The van der Waals surface area contributed by atoms with E-state index in [0.717, 1.165) is 44.7 Å². The molecule has 0 bridgehead atoms. The van der Waals surface area contributed by atoms with Crippen LogP contribution in [0.3, 0.4) is 0 Å². The smallest absolute Gasteiger partial charge is 0.415 e. The van der Waals surface area contributed by atoms with Crippen molar-refractivity contribution in [3.05, 3.63) is 65.7 Å². The SMILES string of the molecule is C[C@H](N[S+]([O-])C(C)(C)C)c1ccc(C2(N3CCN(C(=O)Oc4ccccc4)CC3)CCOCC2)cc1. The predicted molar refractivity (Wildman–Crippen MR) is 143 cm³/mol. The number of rotatable bonds is 6. The van der Waals surface area contributed by atoms with E-state index in [0.29, 0.717) is 18.8 Å². The zero-order chi connectivity index (χ0) is 25.8. The Morgan fingerprint density at radius 2 is 1.64 bits per heavy atom. The van der Waals surface area contributed by atoms with Crippen LogP contribution >= 0.6 is 0 Å². The van der Waals surface area contributed by atoms with Gasteiger partial charge in [-0.3, -0.25) is 4.90 Å². The van der Waals surface area contributed by atoms with Gasteiger partial charge in [0.15, 0.2) is 0 Å². The van der Waals surface area contributed by atoms with Gasteiger partial charge in [-0.2, -0.15) is 0 Å². The maximum atomic E-state index is 12.7. The average Bonchev–Trinajstić information content (AvgIpc) is 2.89. The van der Waals surface area contributed by atoms with Gasteiger partial charge in [-0.1, -0.05) is 42.5 Å². The maximum absolute atomic E-state index is 12.7. The molecule has 7 nitrogen and oxygen atoms in total. The number of nitrogens with one attached hydrogen (secondary N) is 1. The topological polar surface area (TPSA) is 77.1 Å². The molecule has 0 aromatic heterocycles. The largest absolute Gasteiger partial charge is 0.598 e. The average molecular weight is 514 g/mol. The van der Waals surface area contributed by atoms with Crippen LogP contribution in [0.4, 0.5) is 4.79 Å². The van der Waals surface area contributed by atoms with E-state index in [9.17, 15) is 9.35 Å². The lowest BCUT2D eigenvalue weighted by atomic mass is 9.80. The molecule has 8 heteroatoms. The van der Waals surface area contributed by atoms with Crippen molar-refractivity contribution >= 4 is 17.5 Å². The number of piperazine rings is 1. The fourth-order valence-corrected chi connectivity index (χ4v) is 5.77. The minimum Gasteiger partial charge on any atom is -0.598 e. The Hall–Kier alpha value is -2.10. The first-order valence-corrected chi connectivity index (χ1v) is 14.0. The van der Waals surface area contributed by atoms with Crippen LogP contribution in [0.15, 0.2) is 54.6 Å². The molecule has 2 saturated heterocycles. The molecule has 2 aromatic carbocycles. The third-order valence-corrected chi connectivity index (χ3v) is 8.88. The van der Waals surface area contributed by atoms with E-state index in [4.69, 9.17) is 9.47 Å². The summed E-state index contributed by atoms with van der Waals surface area (Å²) in [4.78, 5) is 17.0. The fourth-order valence-electron chi connectivity index (χ4n) is 4.95. The second-order valence-corrected chi connectivity index (χ2v) is 12.6. The molecule has 2 aliphatic rings. The normalized spacial score (nSPS) is 20.5. The number of benzene rings is 2. The highest BCUT2D eigenvalue weighted by atomic mass is 32.2. The third kappa shape index (κ3) is 6.23. The zero-order valence-corrected chi connectivity index (χ0v) is 22.7. The second-order valence-electron chi connectivity index (χ2n) is 10.6. The highest BCUT2D eigenvalue weighted by Gasteiger charge is 2.42. The fraction of sp³-hybridized carbons (Fsp3) is 0.536. The zero-order valence-electron chi connectivity index (χ0n) is 21.9. The summed E-state index contributed by atoms with van der Waals surface area (Å²) in [6, 6.07) is 17.9. The molecule has 1 N–H and O–H groups in total. The van der Waals surface area contributed by atoms with Crippen LogP contribution in [0, 0.1) is 0 Å². The van der Waals surface area contributed by atoms with Gasteiger partial charge in [-0.15, -0.1) is 4.72 Å². The van der Waals surface area contributed by atoms with Crippen LogP contribution < -0.4 is 9.46 Å². The first-order valence-electron chi connectivity index (χ1n) is 12.8. The number of hydrogen-bond acceptors (Lipinski definition) is 6. The van der Waals surface area contributed by atoms with Gasteiger partial charge in [0.25, 0.3) is 0 Å². The lowest BCUT2D eigenvalue weighted by molar-refractivity contribution is -0.0483. The highest BCUT2D eigenvalue weighted by molar-refractivity contribution is 7.90. The van der Waals surface area contributed by atoms with E-state index in [1.807, 2.05) is 39.0 Å². The van der Waals surface area contributed by atoms with Crippen molar-refractivity contribution in [2.75, 3.05) is 39.4 Å². The standard InChI is InChI=1S/C28H39N3O4S/c1-22(29-36(33)27(2,3)4)23-10-12-24(13-11-23)28(14-20-34-21-15-28)31-18-16-30(17-19-31)26(32)35-25-8-6-5-7-9-25/h5-13,22,29H,14-21H2,1-4H3/t22-,36?/m0/s1. The van der Waals surface area contributed by atoms with Crippen molar-refractivity contribution in [1.82, 2.24) is 14.5 Å². The monoisotopic (exact) mass is 513 g/mol. The molecule has 1 unspecified atom stereocenters. The number of ether oxygens (including phenoxy) is 2. The summed E-state index contributed by atoms with van der Waals surface area (Å²) >= 11 is -1.13. The van der Waals surface area contributed by atoms with E-state index in [-0.39, 0.29) is 22.4 Å². The molecule has 2 aliphatic heterocycles. The van der Waals surface area contributed by atoms with Gasteiger partial charge in [0.05, 0.1) is 11.6 Å². The number of hydrogen-bond donors (Lipinski definition) is 1. The summed E-state index contributed by atoms with van der Waals surface area (Å²) in [6.45, 7) is 12.3. The Morgan fingerprint density at radius 1 is 1.03 bits per heavy atom. The molecular formula is C28H39N3O4S. The molecule has 0 saturated carbocycles. The minimum atomic E-state index is -1.13. The van der Waals surface area contributed by atoms with Crippen LogP contribution in [0.2, 0.25) is 0 Å². The molecule has 1 amide bonds. The van der Waals surface area contributed by atoms with Gasteiger partial charge in [-0.25, -0.2) is 4.79 Å². The summed E-state index contributed by atoms with van der Waals surface area (Å²) in [5.74, 6) is 0.570. The lowest BCUT2D eigenvalue weighted by Gasteiger charge is -2.49. The molecule has 0 radical (unpaired) electrons. The summed E-state index contributed by atoms with van der Waals surface area (Å²) in [6.07, 6.45) is 1.55. The lowest BCUT2D eigenvalue weighted by Crippen LogP contribution is -2.58. The van der Waals surface area contributed by atoms with Gasteiger partial charge in [-0.05, 0) is 63.8 Å². The van der Waals surface area contributed by atoms with Gasteiger partial charge < -0.3 is 18.9 Å². The number of carbonyl (C=O) groups is 1. The number of para-hydroxylation sites is 1. The minimum absolute atomic E-state index is 0.0103. The number of nitrogens with zero attached hydrogens (tertiary/aromatic N) is 2. The summed E-state index contributed by atoms with van der Waals surface area (Å²) in [5.41, 5.74) is 2.28. The van der Waals surface area contributed by atoms with Crippen LogP contribution in [-0.4, -0.2) is 64.6 Å². The predicted octanol–water partition coefficient (Wildman–Crippen LogP) is 4.62. The van der Waals surface area contributed by atoms with E-state index < -0.39 is 11.4 Å². The van der Waals surface area contributed by atoms with Crippen molar-refractivity contribution in [1.29, 1.82) is 0 Å². The Labute approximate surface area is 218 Å². The first kappa shape index (κ1) is 26.9. The van der Waals surface area contributed by atoms with Crippen LogP contribution in [0.25, 0.3) is 0 Å². The Balaban J connectivity index is 1.43. The molecule has 36 heavy (non-hydrogen) atoms. The first-order chi connectivity index (χ1) is 17.2. The number of amides is 1. The quantitative estimate of drug-likeness (QED) is 0.568. The summed E-state index contributed by atoms with van der Waals surface area (Å²) in [5, 5.41) is 0. The van der Waals surface area contributed by atoms with E-state index in [1.165, 1.54) is 5.56 Å². The molecule has 4 rings (SSSR count). The van der Waals surface area contributed by atoms with E-state index in [1.54, 1.807) is 17.0 Å². The molecule has 2 aromatic rings. The molecule has 0 aliphatic carbocycles. The van der Waals surface area contributed by atoms with Gasteiger partial charge in [0.1, 0.15) is 10.5 Å². The Morgan fingerprint density at radius 3 is 2.22 bits per heavy atom. The molecule has 2 heterocycles. The van der Waals surface area contributed by atoms with Crippen molar-refractivity contribution in [2.24, 2.45) is 0 Å². The third-order valence-electron chi connectivity index (χ3n) is 7.20. The van der Waals surface area contributed by atoms with Gasteiger partial charge >= 0.3 is 6.09 Å². The Kier molecular flexibility index (Phi) is 8.63. The van der Waals surface area contributed by atoms with Crippen LogP contribution in [0.1, 0.15) is 57.7 Å². The van der Waals surface area contributed by atoms with Crippen LogP contribution in [0.5, 0.6) is 5.75 Å². The van der Waals surface area contributed by atoms with E-state index >= 15 is 0 Å². The molecule has 0 spiro atoms. The van der Waals surface area contributed by atoms with Crippen molar-refractivity contribution in [3.8, 4) is 5.75 Å². The Bertz CT molecular complexity index is 982. The highest BCUT2D eigenvalue weighted by Crippen LogP contribution is 2.39. The number of carbonyl (C=O) groups excluding carboxylic acids is 1. The molecule has 2 atom stereocenters.